The van der Waals surface area contributed by atoms with Crippen LogP contribution in [0.5, 0.6) is 0 Å². The molecule has 106 valence electrons. The molecule has 5 nitrogen and oxygen atoms in total. The van der Waals surface area contributed by atoms with Gasteiger partial charge in [-0.25, -0.2) is 4.39 Å². The van der Waals surface area contributed by atoms with E-state index in [2.05, 4.69) is 5.32 Å². The largest absolute Gasteiger partial charge is 0.396 e. The number of nitro groups is 1. The zero-order valence-electron chi connectivity index (χ0n) is 10.4. The summed E-state index contributed by atoms with van der Waals surface area (Å²) in [5, 5.41) is 22.2. The minimum atomic E-state index is -0.663. The normalized spacial score (nSPS) is 10.7. The molecular weight excluding hydrogens is 275 g/mol. The van der Waals surface area contributed by atoms with Crippen LogP contribution in [0.3, 0.4) is 0 Å². The highest BCUT2D eigenvalue weighted by molar-refractivity contribution is 6.31. The fourth-order valence-electron chi connectivity index (χ4n) is 1.65. The Bertz CT molecular complexity index is 443. The smallest absolute Gasteiger partial charge is 0.275 e. The van der Waals surface area contributed by atoms with Crippen molar-refractivity contribution in [3.05, 3.63) is 38.7 Å². The van der Waals surface area contributed by atoms with Gasteiger partial charge in [0.1, 0.15) is 5.82 Å². The fraction of sp³-hybridized carbons (Fsp3) is 0.500. The Hall–Kier alpha value is -1.24. The van der Waals surface area contributed by atoms with Crippen molar-refractivity contribution in [3.63, 3.8) is 0 Å². The standard InChI is InChI=1S/C12H16ClFN2O3/c13-10-7-12(16(18)19)9(6-11(10)14)8-15-4-2-1-3-5-17/h6-7,15,17H,1-5,8H2. The lowest BCUT2D eigenvalue weighted by molar-refractivity contribution is -0.385. The summed E-state index contributed by atoms with van der Waals surface area (Å²) in [5.41, 5.74) is 0.0864. The summed E-state index contributed by atoms with van der Waals surface area (Å²) in [6, 6.07) is 2.11. The Morgan fingerprint density at radius 3 is 2.74 bits per heavy atom. The first-order valence-electron chi connectivity index (χ1n) is 6.00. The van der Waals surface area contributed by atoms with E-state index < -0.39 is 10.7 Å². The number of aliphatic hydroxyl groups is 1. The number of hydrogen-bond acceptors (Lipinski definition) is 4. The molecule has 1 aromatic carbocycles. The van der Waals surface area contributed by atoms with Crippen molar-refractivity contribution >= 4 is 17.3 Å². The molecule has 19 heavy (non-hydrogen) atoms. The van der Waals surface area contributed by atoms with Gasteiger partial charge in [0.2, 0.25) is 0 Å². The van der Waals surface area contributed by atoms with Crippen molar-refractivity contribution in [3.8, 4) is 0 Å². The summed E-state index contributed by atoms with van der Waals surface area (Å²) < 4.78 is 13.3. The molecule has 0 saturated carbocycles. The van der Waals surface area contributed by atoms with Gasteiger partial charge in [0.05, 0.1) is 9.95 Å². The van der Waals surface area contributed by atoms with E-state index in [1.807, 2.05) is 0 Å². The molecule has 0 atom stereocenters. The molecule has 0 bridgehead atoms. The van der Waals surface area contributed by atoms with Crippen molar-refractivity contribution in [1.29, 1.82) is 0 Å². The van der Waals surface area contributed by atoms with Crippen LogP contribution in [-0.2, 0) is 6.54 Å². The van der Waals surface area contributed by atoms with Crippen LogP contribution in [0.15, 0.2) is 12.1 Å². The van der Waals surface area contributed by atoms with Gasteiger partial charge in [-0.1, -0.05) is 11.6 Å². The minimum Gasteiger partial charge on any atom is -0.396 e. The first-order chi connectivity index (χ1) is 9.06. The van der Waals surface area contributed by atoms with Crippen LogP contribution >= 0.6 is 11.6 Å². The molecule has 0 aliphatic carbocycles. The number of aliphatic hydroxyl groups excluding tert-OH is 1. The average molecular weight is 291 g/mol. The van der Waals surface area contributed by atoms with Gasteiger partial charge in [-0.3, -0.25) is 10.1 Å². The molecule has 0 aliphatic rings. The molecule has 0 aliphatic heterocycles. The molecule has 0 unspecified atom stereocenters. The maximum Gasteiger partial charge on any atom is 0.275 e. The Morgan fingerprint density at radius 2 is 2.11 bits per heavy atom. The Kier molecular flexibility index (Phi) is 6.69. The van der Waals surface area contributed by atoms with Gasteiger partial charge in [0, 0.05) is 24.8 Å². The highest BCUT2D eigenvalue weighted by atomic mass is 35.5. The molecule has 1 rings (SSSR count). The van der Waals surface area contributed by atoms with E-state index in [1.54, 1.807) is 0 Å². The van der Waals surface area contributed by atoms with Crippen molar-refractivity contribution < 1.29 is 14.4 Å². The van der Waals surface area contributed by atoms with Gasteiger partial charge >= 0.3 is 0 Å². The number of halogens is 2. The van der Waals surface area contributed by atoms with E-state index in [1.165, 1.54) is 0 Å². The monoisotopic (exact) mass is 290 g/mol. The molecule has 0 saturated heterocycles. The highest BCUT2D eigenvalue weighted by Gasteiger charge is 2.17. The fourth-order valence-corrected chi connectivity index (χ4v) is 1.81. The van der Waals surface area contributed by atoms with Crippen molar-refractivity contribution in [2.24, 2.45) is 0 Å². The van der Waals surface area contributed by atoms with Crippen LogP contribution in [-0.4, -0.2) is 23.2 Å². The summed E-state index contributed by atoms with van der Waals surface area (Å²) in [6.45, 7) is 1.03. The molecule has 0 aromatic heterocycles. The summed E-state index contributed by atoms with van der Waals surface area (Å²) in [6.07, 6.45) is 2.46. The number of rotatable bonds is 8. The van der Waals surface area contributed by atoms with Gasteiger partial charge in [0.25, 0.3) is 5.69 Å². The zero-order chi connectivity index (χ0) is 14.3. The molecule has 0 spiro atoms. The van der Waals surface area contributed by atoms with E-state index in [9.17, 15) is 14.5 Å². The molecule has 2 N–H and O–H groups in total. The lowest BCUT2D eigenvalue weighted by Gasteiger charge is -2.06. The molecule has 0 radical (unpaired) electrons. The molecular formula is C12H16ClFN2O3. The van der Waals surface area contributed by atoms with E-state index in [0.29, 0.717) is 6.54 Å². The number of nitro benzene ring substituents is 1. The third kappa shape index (κ3) is 5.10. The number of hydrogen-bond donors (Lipinski definition) is 2. The second-order valence-electron chi connectivity index (χ2n) is 4.11. The van der Waals surface area contributed by atoms with Gasteiger partial charge in [-0.15, -0.1) is 0 Å². The lowest BCUT2D eigenvalue weighted by atomic mass is 10.1. The average Bonchev–Trinajstić information content (AvgIpc) is 2.37. The molecule has 0 heterocycles. The first-order valence-corrected chi connectivity index (χ1v) is 6.38. The molecule has 1 aromatic rings. The lowest BCUT2D eigenvalue weighted by Crippen LogP contribution is -2.16. The van der Waals surface area contributed by atoms with Crippen LogP contribution in [0.2, 0.25) is 5.02 Å². The molecule has 0 amide bonds. The van der Waals surface area contributed by atoms with Gasteiger partial charge < -0.3 is 10.4 Å². The predicted octanol–water partition coefficient (Wildman–Crippen LogP) is 2.64. The predicted molar refractivity (Wildman–Crippen MR) is 70.7 cm³/mol. The van der Waals surface area contributed by atoms with Crippen LogP contribution in [0.4, 0.5) is 10.1 Å². The quantitative estimate of drug-likeness (QED) is 0.438. The number of nitrogens with one attached hydrogen (secondary N) is 1. The number of unbranched alkanes of at least 4 members (excludes halogenated alkanes) is 2. The van der Waals surface area contributed by atoms with Gasteiger partial charge in [-0.2, -0.15) is 0 Å². The first kappa shape index (κ1) is 15.8. The maximum atomic E-state index is 13.3. The summed E-state index contributed by atoms with van der Waals surface area (Å²) in [7, 11) is 0. The van der Waals surface area contributed by atoms with E-state index in [-0.39, 0.29) is 29.4 Å². The Morgan fingerprint density at radius 1 is 1.37 bits per heavy atom. The Labute approximate surface area is 115 Å². The van der Waals surface area contributed by atoms with E-state index in [0.717, 1.165) is 31.4 Å². The SMILES string of the molecule is O=[N+]([O-])c1cc(Cl)c(F)cc1CNCCCCCO. The van der Waals surface area contributed by atoms with Crippen LogP contribution in [0.25, 0.3) is 0 Å². The topological polar surface area (TPSA) is 75.4 Å². The number of benzene rings is 1. The third-order valence-electron chi connectivity index (χ3n) is 2.65. The highest BCUT2D eigenvalue weighted by Crippen LogP contribution is 2.26. The van der Waals surface area contributed by atoms with Crippen molar-refractivity contribution in [2.45, 2.75) is 25.8 Å². The van der Waals surface area contributed by atoms with E-state index in [4.69, 9.17) is 16.7 Å². The van der Waals surface area contributed by atoms with Crippen LogP contribution in [0.1, 0.15) is 24.8 Å². The molecule has 0 fully saturated rings. The summed E-state index contributed by atoms with van der Waals surface area (Å²) in [4.78, 5) is 10.3. The zero-order valence-corrected chi connectivity index (χ0v) is 11.1. The maximum absolute atomic E-state index is 13.3. The van der Waals surface area contributed by atoms with Crippen molar-refractivity contribution in [2.75, 3.05) is 13.2 Å². The summed E-state index contributed by atoms with van der Waals surface area (Å²) in [5.74, 6) is -0.663. The number of nitrogens with zero attached hydrogens (tertiary/aromatic N) is 1. The van der Waals surface area contributed by atoms with Crippen LogP contribution in [0, 0.1) is 15.9 Å². The summed E-state index contributed by atoms with van der Waals surface area (Å²) >= 11 is 5.52. The van der Waals surface area contributed by atoms with E-state index >= 15 is 0 Å². The van der Waals surface area contributed by atoms with Gasteiger partial charge in [-0.05, 0) is 31.9 Å². The molecule has 7 heteroatoms. The van der Waals surface area contributed by atoms with Crippen LogP contribution < -0.4 is 5.32 Å². The Balaban J connectivity index is 2.57. The van der Waals surface area contributed by atoms with Gasteiger partial charge in [0.15, 0.2) is 0 Å². The minimum absolute atomic E-state index is 0.161. The third-order valence-corrected chi connectivity index (χ3v) is 2.94. The van der Waals surface area contributed by atoms with Crippen molar-refractivity contribution in [1.82, 2.24) is 5.32 Å². The second-order valence-corrected chi connectivity index (χ2v) is 4.52. The second kappa shape index (κ2) is 8.04.